The first-order valence-corrected chi connectivity index (χ1v) is 4.31. The standard InChI is InChI=1S/C10H11NO3/c12-9(1-2-10(13)14)7-8-3-5-11-6-4-8/h3-6H,1-2,7H2,(H,13,14). The average molecular weight is 193 g/mol. The van der Waals surface area contributed by atoms with Crippen molar-refractivity contribution >= 4 is 11.8 Å². The smallest absolute Gasteiger partial charge is 0.303 e. The first-order chi connectivity index (χ1) is 6.68. The number of pyridine rings is 1. The molecule has 74 valence electrons. The van der Waals surface area contributed by atoms with Gasteiger partial charge >= 0.3 is 5.97 Å². The van der Waals surface area contributed by atoms with Crippen LogP contribution in [0.15, 0.2) is 24.5 Å². The van der Waals surface area contributed by atoms with E-state index in [0.717, 1.165) is 5.56 Å². The predicted molar refractivity (Wildman–Crippen MR) is 49.8 cm³/mol. The van der Waals surface area contributed by atoms with Gasteiger partial charge < -0.3 is 5.11 Å². The molecule has 0 aliphatic carbocycles. The molecule has 0 saturated heterocycles. The second-order valence-electron chi connectivity index (χ2n) is 2.96. The van der Waals surface area contributed by atoms with Gasteiger partial charge in [0.05, 0.1) is 6.42 Å². The SMILES string of the molecule is O=C(O)CCC(=O)Cc1ccncc1. The molecule has 4 heteroatoms. The highest BCUT2D eigenvalue weighted by molar-refractivity contribution is 5.84. The molecule has 0 aliphatic heterocycles. The van der Waals surface area contributed by atoms with E-state index in [-0.39, 0.29) is 25.0 Å². The minimum atomic E-state index is -0.937. The molecule has 0 amide bonds. The van der Waals surface area contributed by atoms with E-state index in [2.05, 4.69) is 4.98 Å². The number of nitrogens with zero attached hydrogens (tertiary/aromatic N) is 1. The molecule has 1 N–H and O–H groups in total. The number of hydrogen-bond acceptors (Lipinski definition) is 3. The van der Waals surface area contributed by atoms with Crippen LogP contribution >= 0.6 is 0 Å². The van der Waals surface area contributed by atoms with Crippen LogP contribution in [0.2, 0.25) is 0 Å². The Hall–Kier alpha value is -1.71. The Bertz CT molecular complexity index is 321. The van der Waals surface area contributed by atoms with Gasteiger partial charge in [0, 0.05) is 25.2 Å². The normalized spacial score (nSPS) is 9.71. The minimum Gasteiger partial charge on any atom is -0.481 e. The van der Waals surface area contributed by atoms with Crippen molar-refractivity contribution in [3.63, 3.8) is 0 Å². The van der Waals surface area contributed by atoms with E-state index in [9.17, 15) is 9.59 Å². The van der Waals surface area contributed by atoms with Gasteiger partial charge in [-0.3, -0.25) is 14.6 Å². The topological polar surface area (TPSA) is 67.3 Å². The molecule has 0 aromatic carbocycles. The lowest BCUT2D eigenvalue weighted by molar-refractivity contribution is -0.138. The number of rotatable bonds is 5. The van der Waals surface area contributed by atoms with Crippen LogP contribution in [0.3, 0.4) is 0 Å². The number of carboxylic acids is 1. The molecule has 0 saturated carbocycles. The number of carbonyl (C=O) groups is 2. The number of hydrogen-bond donors (Lipinski definition) is 1. The predicted octanol–water partition coefficient (Wildman–Crippen LogP) is 1.06. The maximum atomic E-state index is 11.2. The van der Waals surface area contributed by atoms with Crippen molar-refractivity contribution in [1.82, 2.24) is 4.98 Å². The lowest BCUT2D eigenvalue weighted by Crippen LogP contribution is -2.06. The highest BCUT2D eigenvalue weighted by Gasteiger charge is 2.06. The fourth-order valence-corrected chi connectivity index (χ4v) is 1.06. The Morgan fingerprint density at radius 3 is 2.43 bits per heavy atom. The van der Waals surface area contributed by atoms with E-state index in [1.165, 1.54) is 0 Å². The van der Waals surface area contributed by atoms with Gasteiger partial charge in [0.25, 0.3) is 0 Å². The second kappa shape index (κ2) is 5.11. The van der Waals surface area contributed by atoms with Gasteiger partial charge in [0.1, 0.15) is 5.78 Å². The van der Waals surface area contributed by atoms with Gasteiger partial charge in [-0.1, -0.05) is 0 Å². The Morgan fingerprint density at radius 1 is 1.21 bits per heavy atom. The summed E-state index contributed by atoms with van der Waals surface area (Å²) in [6.07, 6.45) is 3.51. The zero-order chi connectivity index (χ0) is 10.4. The first kappa shape index (κ1) is 10.4. The van der Waals surface area contributed by atoms with Gasteiger partial charge in [0.2, 0.25) is 0 Å². The van der Waals surface area contributed by atoms with Crippen LogP contribution in [-0.4, -0.2) is 21.8 Å². The Labute approximate surface area is 81.6 Å². The summed E-state index contributed by atoms with van der Waals surface area (Å²) in [6.45, 7) is 0. The Morgan fingerprint density at radius 2 is 1.86 bits per heavy atom. The molecule has 1 rings (SSSR count). The van der Waals surface area contributed by atoms with Crippen molar-refractivity contribution in [2.24, 2.45) is 0 Å². The third kappa shape index (κ3) is 3.80. The second-order valence-corrected chi connectivity index (χ2v) is 2.96. The monoisotopic (exact) mass is 193 g/mol. The molecule has 0 fully saturated rings. The summed E-state index contributed by atoms with van der Waals surface area (Å²) in [4.78, 5) is 25.2. The molecule has 4 nitrogen and oxygen atoms in total. The molecule has 0 unspecified atom stereocenters. The summed E-state index contributed by atoms with van der Waals surface area (Å²) >= 11 is 0. The summed E-state index contributed by atoms with van der Waals surface area (Å²) in [5.74, 6) is -0.994. The highest BCUT2D eigenvalue weighted by atomic mass is 16.4. The van der Waals surface area contributed by atoms with E-state index in [4.69, 9.17) is 5.11 Å². The Balaban J connectivity index is 2.38. The lowest BCUT2D eigenvalue weighted by atomic mass is 10.1. The zero-order valence-corrected chi connectivity index (χ0v) is 7.64. The summed E-state index contributed by atoms with van der Waals surface area (Å²) in [7, 11) is 0. The van der Waals surface area contributed by atoms with Gasteiger partial charge in [-0.25, -0.2) is 0 Å². The van der Waals surface area contributed by atoms with Gasteiger partial charge in [0.15, 0.2) is 0 Å². The van der Waals surface area contributed by atoms with Crippen molar-refractivity contribution in [3.8, 4) is 0 Å². The van der Waals surface area contributed by atoms with Crippen molar-refractivity contribution in [2.45, 2.75) is 19.3 Å². The zero-order valence-electron chi connectivity index (χ0n) is 7.64. The Kier molecular flexibility index (Phi) is 3.79. The van der Waals surface area contributed by atoms with Crippen molar-refractivity contribution in [2.75, 3.05) is 0 Å². The number of ketones is 1. The van der Waals surface area contributed by atoms with E-state index >= 15 is 0 Å². The first-order valence-electron chi connectivity index (χ1n) is 4.31. The number of carbonyl (C=O) groups excluding carboxylic acids is 1. The van der Waals surface area contributed by atoms with Crippen molar-refractivity contribution < 1.29 is 14.7 Å². The summed E-state index contributed by atoms with van der Waals surface area (Å²) < 4.78 is 0. The van der Waals surface area contributed by atoms with Crippen LogP contribution in [0.4, 0.5) is 0 Å². The van der Waals surface area contributed by atoms with Crippen LogP contribution in [0, 0.1) is 0 Å². The molecular weight excluding hydrogens is 182 g/mol. The van der Waals surface area contributed by atoms with E-state index in [0.29, 0.717) is 0 Å². The fourth-order valence-electron chi connectivity index (χ4n) is 1.06. The van der Waals surface area contributed by atoms with Crippen LogP contribution in [-0.2, 0) is 16.0 Å². The number of aromatic nitrogens is 1. The lowest BCUT2D eigenvalue weighted by Gasteiger charge is -1.98. The fraction of sp³-hybridized carbons (Fsp3) is 0.300. The molecule has 0 bridgehead atoms. The average Bonchev–Trinajstić information content (AvgIpc) is 2.16. The number of carboxylic acid groups (broad SMARTS) is 1. The highest BCUT2D eigenvalue weighted by Crippen LogP contribution is 2.01. The number of aliphatic carboxylic acids is 1. The molecule has 0 atom stereocenters. The summed E-state index contributed by atoms with van der Waals surface area (Å²) in [5, 5.41) is 8.37. The van der Waals surface area contributed by atoms with E-state index < -0.39 is 5.97 Å². The quantitative estimate of drug-likeness (QED) is 0.759. The third-order valence-electron chi connectivity index (χ3n) is 1.77. The molecule has 0 radical (unpaired) electrons. The van der Waals surface area contributed by atoms with Gasteiger partial charge in [-0.2, -0.15) is 0 Å². The van der Waals surface area contributed by atoms with Gasteiger partial charge in [-0.15, -0.1) is 0 Å². The van der Waals surface area contributed by atoms with E-state index in [1.807, 2.05) is 0 Å². The van der Waals surface area contributed by atoms with Crippen molar-refractivity contribution in [1.29, 1.82) is 0 Å². The van der Waals surface area contributed by atoms with Crippen LogP contribution in [0.1, 0.15) is 18.4 Å². The van der Waals surface area contributed by atoms with Crippen molar-refractivity contribution in [3.05, 3.63) is 30.1 Å². The third-order valence-corrected chi connectivity index (χ3v) is 1.77. The molecule has 0 spiro atoms. The number of Topliss-reactive ketones (excluding diaryl/α,β-unsaturated/α-hetero) is 1. The van der Waals surface area contributed by atoms with Gasteiger partial charge in [-0.05, 0) is 17.7 Å². The summed E-state index contributed by atoms with van der Waals surface area (Å²) in [5.41, 5.74) is 0.871. The van der Waals surface area contributed by atoms with Crippen LogP contribution in [0.25, 0.3) is 0 Å². The maximum Gasteiger partial charge on any atom is 0.303 e. The minimum absolute atomic E-state index is 0.0569. The molecular formula is C10H11NO3. The van der Waals surface area contributed by atoms with Crippen LogP contribution < -0.4 is 0 Å². The molecule has 1 aromatic rings. The molecule has 0 aliphatic rings. The molecule has 1 heterocycles. The molecule has 14 heavy (non-hydrogen) atoms. The maximum absolute atomic E-state index is 11.2. The molecule has 1 aromatic heterocycles. The van der Waals surface area contributed by atoms with E-state index in [1.54, 1.807) is 24.5 Å². The summed E-state index contributed by atoms with van der Waals surface area (Å²) in [6, 6.07) is 3.50. The van der Waals surface area contributed by atoms with Crippen LogP contribution in [0.5, 0.6) is 0 Å². The largest absolute Gasteiger partial charge is 0.481 e.